The number of nitrogens with zero attached hydrogens (tertiary/aromatic N) is 3. The van der Waals surface area contributed by atoms with Gasteiger partial charge in [0.15, 0.2) is 0 Å². The first-order chi connectivity index (χ1) is 18.0. The molecule has 0 spiro atoms. The number of pyridine rings is 1. The number of aromatic nitrogens is 3. The highest BCUT2D eigenvalue weighted by Crippen LogP contribution is 2.44. The molecule has 4 heterocycles. The normalized spacial score (nSPS) is 12.0. The number of thiophene rings is 2. The number of nitrogens with one attached hydrogen (secondary N) is 2. The molecule has 38 heavy (non-hydrogen) atoms. The fourth-order valence-electron chi connectivity index (χ4n) is 3.50. The Balaban J connectivity index is 1.43. The fourth-order valence-corrected chi connectivity index (χ4v) is 6.16. The second-order valence-electron chi connectivity index (χ2n) is 7.71. The average Bonchev–Trinajstić information content (AvgIpc) is 3.52. The zero-order valence-corrected chi connectivity index (χ0v) is 21.3. The Hall–Kier alpha value is -4.08. The van der Waals surface area contributed by atoms with E-state index in [0.717, 1.165) is 17.4 Å². The van der Waals surface area contributed by atoms with Gasteiger partial charge >= 0.3 is 6.18 Å². The summed E-state index contributed by atoms with van der Waals surface area (Å²) in [5.74, 6) is -0.873. The van der Waals surface area contributed by atoms with Crippen LogP contribution >= 0.6 is 22.7 Å². The molecule has 0 unspecified atom stereocenters. The van der Waals surface area contributed by atoms with Crippen molar-refractivity contribution in [3.05, 3.63) is 76.7 Å². The van der Waals surface area contributed by atoms with Gasteiger partial charge in [0.2, 0.25) is 5.95 Å². The Labute approximate surface area is 221 Å². The van der Waals surface area contributed by atoms with E-state index in [2.05, 4.69) is 25.0 Å². The highest BCUT2D eigenvalue weighted by molar-refractivity contribution is 7.92. The summed E-state index contributed by atoms with van der Waals surface area (Å²) in [4.78, 5) is 25.1. The predicted molar refractivity (Wildman–Crippen MR) is 140 cm³/mol. The number of rotatable bonds is 6. The van der Waals surface area contributed by atoms with Crippen LogP contribution in [-0.4, -0.2) is 29.3 Å². The van der Waals surface area contributed by atoms with Crippen molar-refractivity contribution in [2.24, 2.45) is 0 Å². The minimum absolute atomic E-state index is 0.0264. The number of nitrogen functional groups attached to an aromatic ring is 1. The molecule has 0 aliphatic carbocycles. The fraction of sp³-hybridized carbons (Fsp3) is 0.0435. The molecule has 0 saturated carbocycles. The Bertz CT molecular complexity index is 1740. The van der Waals surface area contributed by atoms with Crippen molar-refractivity contribution in [3.8, 4) is 10.6 Å². The zero-order chi connectivity index (χ0) is 27.1. The summed E-state index contributed by atoms with van der Waals surface area (Å²) >= 11 is 1.97. The van der Waals surface area contributed by atoms with Crippen LogP contribution in [-0.2, 0) is 16.2 Å². The molecule has 194 valence electrons. The maximum Gasteiger partial charge on any atom is 0.417 e. The summed E-state index contributed by atoms with van der Waals surface area (Å²) in [6.07, 6.45) is -1.98. The first-order valence-electron chi connectivity index (χ1n) is 10.6. The van der Waals surface area contributed by atoms with E-state index in [4.69, 9.17) is 5.73 Å². The van der Waals surface area contributed by atoms with E-state index >= 15 is 0 Å². The summed E-state index contributed by atoms with van der Waals surface area (Å²) in [6, 6.07) is 10.9. The van der Waals surface area contributed by atoms with Crippen molar-refractivity contribution in [2.45, 2.75) is 11.1 Å². The molecule has 1 aromatic carbocycles. The number of halogens is 3. The molecule has 4 N–H and O–H groups in total. The maximum absolute atomic E-state index is 13.9. The van der Waals surface area contributed by atoms with E-state index in [0.29, 0.717) is 4.88 Å². The lowest BCUT2D eigenvalue weighted by Gasteiger charge is -2.10. The Morgan fingerprint density at radius 2 is 1.74 bits per heavy atom. The molecule has 0 fully saturated rings. The Morgan fingerprint density at radius 3 is 2.37 bits per heavy atom. The number of benzene rings is 1. The van der Waals surface area contributed by atoms with Crippen molar-refractivity contribution < 1.29 is 26.4 Å². The Kier molecular flexibility index (Phi) is 6.50. The van der Waals surface area contributed by atoms with Crippen LogP contribution in [0.3, 0.4) is 0 Å². The van der Waals surface area contributed by atoms with Crippen LogP contribution in [0.2, 0.25) is 0 Å². The molecule has 5 rings (SSSR count). The summed E-state index contributed by atoms with van der Waals surface area (Å²) in [5.41, 5.74) is 5.03. The van der Waals surface area contributed by atoms with Crippen molar-refractivity contribution in [3.63, 3.8) is 0 Å². The van der Waals surface area contributed by atoms with E-state index in [1.165, 1.54) is 54.1 Å². The van der Waals surface area contributed by atoms with Gasteiger partial charge in [-0.15, -0.1) is 22.7 Å². The molecule has 0 bridgehead atoms. The number of anilines is 3. The largest absolute Gasteiger partial charge is 0.417 e. The summed E-state index contributed by atoms with van der Waals surface area (Å²) in [7, 11) is -4.00. The van der Waals surface area contributed by atoms with Gasteiger partial charge in [0, 0.05) is 23.5 Å². The van der Waals surface area contributed by atoms with Gasteiger partial charge in [-0.2, -0.15) is 13.2 Å². The van der Waals surface area contributed by atoms with Gasteiger partial charge in [0.1, 0.15) is 9.71 Å². The molecular formula is C23H15F3N6O3S3. The molecule has 9 nitrogen and oxygen atoms in total. The smallest absolute Gasteiger partial charge is 0.397 e. The van der Waals surface area contributed by atoms with Crippen molar-refractivity contribution in [1.82, 2.24) is 15.0 Å². The minimum Gasteiger partial charge on any atom is -0.397 e. The zero-order valence-electron chi connectivity index (χ0n) is 18.9. The van der Waals surface area contributed by atoms with Gasteiger partial charge < -0.3 is 11.1 Å². The van der Waals surface area contributed by atoms with Crippen LogP contribution in [0.4, 0.5) is 30.5 Å². The average molecular weight is 577 g/mol. The van der Waals surface area contributed by atoms with Gasteiger partial charge in [-0.3, -0.25) is 4.79 Å². The number of sulfonamides is 1. The molecule has 0 atom stereocenters. The van der Waals surface area contributed by atoms with Crippen LogP contribution < -0.4 is 15.8 Å². The molecule has 5 aromatic rings. The summed E-state index contributed by atoms with van der Waals surface area (Å²) in [5, 5.41) is 3.91. The number of hydrogen-bond acceptors (Lipinski definition) is 9. The van der Waals surface area contributed by atoms with Gasteiger partial charge in [0.05, 0.1) is 26.7 Å². The van der Waals surface area contributed by atoms with Gasteiger partial charge in [-0.25, -0.2) is 28.1 Å². The third-order valence-electron chi connectivity index (χ3n) is 5.20. The van der Waals surface area contributed by atoms with Crippen LogP contribution in [0.1, 0.15) is 15.2 Å². The lowest BCUT2D eigenvalue weighted by Crippen LogP contribution is -2.15. The molecule has 0 aliphatic heterocycles. The van der Waals surface area contributed by atoms with Crippen molar-refractivity contribution in [2.75, 3.05) is 15.8 Å². The highest BCUT2D eigenvalue weighted by atomic mass is 32.2. The number of carbonyl (C=O) groups is 1. The van der Waals surface area contributed by atoms with E-state index in [1.54, 1.807) is 17.5 Å². The SMILES string of the molecule is Nc1c(C(=O)Nc2ccc(S(=O)(=O)Nc3ncccn3)cc2)sc2nc(-c3cccs3)cc(C(F)(F)F)c12. The quantitative estimate of drug-likeness (QED) is 0.244. The molecule has 1 amide bonds. The van der Waals surface area contributed by atoms with Gasteiger partial charge in [-0.1, -0.05) is 6.07 Å². The lowest BCUT2D eigenvalue weighted by atomic mass is 10.1. The highest BCUT2D eigenvalue weighted by Gasteiger charge is 2.36. The molecule has 0 aliphatic rings. The summed E-state index contributed by atoms with van der Waals surface area (Å²) < 4.78 is 69.0. The number of fused-ring (bicyclic) bond motifs is 1. The second kappa shape index (κ2) is 9.66. The van der Waals surface area contributed by atoms with E-state index in [1.807, 2.05) is 0 Å². The number of alkyl halides is 3. The molecule has 0 saturated heterocycles. The topological polar surface area (TPSA) is 140 Å². The van der Waals surface area contributed by atoms with E-state index < -0.39 is 27.7 Å². The van der Waals surface area contributed by atoms with Gasteiger partial charge in [-0.05, 0) is 47.8 Å². The van der Waals surface area contributed by atoms with E-state index in [-0.39, 0.29) is 43.0 Å². The number of carbonyl (C=O) groups excluding carboxylic acids is 1. The summed E-state index contributed by atoms with van der Waals surface area (Å²) in [6.45, 7) is 0. The molecule has 0 radical (unpaired) electrons. The Morgan fingerprint density at radius 1 is 1.03 bits per heavy atom. The van der Waals surface area contributed by atoms with E-state index in [9.17, 15) is 26.4 Å². The number of amides is 1. The van der Waals surface area contributed by atoms with Gasteiger partial charge in [0.25, 0.3) is 15.9 Å². The van der Waals surface area contributed by atoms with Crippen LogP contribution in [0.5, 0.6) is 0 Å². The van der Waals surface area contributed by atoms with Crippen molar-refractivity contribution >= 4 is 66.1 Å². The number of nitrogens with two attached hydrogens (primary N) is 1. The third kappa shape index (κ3) is 5.03. The maximum atomic E-state index is 13.9. The van der Waals surface area contributed by atoms with Crippen LogP contribution in [0, 0.1) is 0 Å². The van der Waals surface area contributed by atoms with Crippen LogP contribution in [0.25, 0.3) is 20.8 Å². The molecular weight excluding hydrogens is 561 g/mol. The molecule has 15 heteroatoms. The minimum atomic E-state index is -4.73. The lowest BCUT2D eigenvalue weighted by molar-refractivity contribution is -0.136. The predicted octanol–water partition coefficient (Wildman–Crippen LogP) is 5.47. The second-order valence-corrected chi connectivity index (χ2v) is 11.3. The number of hydrogen-bond donors (Lipinski definition) is 3. The molecule has 4 aromatic heterocycles. The standard InChI is InChI=1S/C23H15F3N6O3S3/c24-23(25,26)14-11-15(16-3-1-10-36-16)31-21-17(14)18(27)19(37-21)20(33)30-12-4-6-13(7-5-12)38(34,35)32-22-28-8-2-9-29-22/h1-11H,27H2,(H,30,33)(H,28,29,32). The third-order valence-corrected chi connectivity index (χ3v) is 8.53. The monoisotopic (exact) mass is 576 g/mol. The van der Waals surface area contributed by atoms with Crippen molar-refractivity contribution in [1.29, 1.82) is 0 Å². The van der Waals surface area contributed by atoms with Crippen LogP contribution in [0.15, 0.2) is 71.2 Å². The first-order valence-corrected chi connectivity index (χ1v) is 13.8. The first kappa shape index (κ1) is 25.6.